The number of benzene rings is 3. The molecule has 0 radical (unpaired) electrons. The first kappa shape index (κ1) is 39.9. The fourth-order valence-electron chi connectivity index (χ4n) is 6.16. The molecule has 3 amide bonds. The van der Waals surface area contributed by atoms with Gasteiger partial charge < -0.3 is 20.7 Å². The highest BCUT2D eigenvalue weighted by Crippen LogP contribution is 2.45. The van der Waals surface area contributed by atoms with Crippen LogP contribution in [0.25, 0.3) is 6.08 Å². The van der Waals surface area contributed by atoms with E-state index in [1.165, 1.54) is 53.4 Å². The van der Waals surface area contributed by atoms with E-state index in [9.17, 15) is 29.3 Å². The maximum Gasteiger partial charge on any atom is 0.341 e. The predicted molar refractivity (Wildman–Crippen MR) is 214 cm³/mol. The molecule has 54 heavy (non-hydrogen) atoms. The van der Waals surface area contributed by atoms with E-state index in [4.69, 9.17) is 4.74 Å². The van der Waals surface area contributed by atoms with E-state index in [0.717, 1.165) is 29.7 Å². The summed E-state index contributed by atoms with van der Waals surface area (Å²) in [4.78, 5) is 66.1. The Morgan fingerprint density at radius 2 is 1.72 bits per heavy atom. The maximum atomic E-state index is 13.8. The molecule has 1 aliphatic rings. The van der Waals surface area contributed by atoms with Gasteiger partial charge in [0, 0.05) is 33.2 Å². The number of nitro benzene ring substituents is 1. The predicted octanol–water partition coefficient (Wildman–Crippen LogP) is 8.90. The Morgan fingerprint density at radius 1 is 1.00 bits per heavy atom. The Kier molecular flexibility index (Phi) is 13.1. The lowest BCUT2D eigenvalue weighted by Gasteiger charge is -2.33. The number of rotatable bonds is 13. The smallest absolute Gasteiger partial charge is 0.341 e. The zero-order valence-corrected chi connectivity index (χ0v) is 32.5. The van der Waals surface area contributed by atoms with Gasteiger partial charge in [-0.05, 0) is 104 Å². The molecule has 282 valence electrons. The van der Waals surface area contributed by atoms with Gasteiger partial charge in [0.05, 0.1) is 22.3 Å². The number of carbonyl (C=O) groups excluding carboxylic acids is 4. The average molecular weight is 769 g/mol. The third kappa shape index (κ3) is 10.0. The first-order chi connectivity index (χ1) is 25.8. The van der Waals surface area contributed by atoms with Crippen LogP contribution < -0.4 is 16.0 Å². The highest BCUT2D eigenvalue weighted by molar-refractivity contribution is 8.00. The molecule has 2 unspecified atom stereocenters. The summed E-state index contributed by atoms with van der Waals surface area (Å²) >= 11 is 2.79. The Balaban J connectivity index is 1.33. The average Bonchev–Trinajstić information content (AvgIpc) is 3.51. The molecule has 0 aliphatic heterocycles. The minimum Gasteiger partial charge on any atom is -0.462 e. The Bertz CT molecular complexity index is 2050. The number of non-ortho nitro benzene ring substituents is 1. The number of thioether (sulfide) groups is 1. The number of esters is 1. The number of nitro groups is 1. The van der Waals surface area contributed by atoms with Crippen molar-refractivity contribution in [1.82, 2.24) is 5.32 Å². The second-order valence-electron chi connectivity index (χ2n) is 13.9. The van der Waals surface area contributed by atoms with Gasteiger partial charge in [-0.15, -0.1) is 23.1 Å². The molecule has 0 spiro atoms. The molecule has 0 bridgehead atoms. The van der Waals surface area contributed by atoms with Gasteiger partial charge in [0.1, 0.15) is 10.7 Å². The van der Waals surface area contributed by atoms with Gasteiger partial charge in [-0.2, -0.15) is 0 Å². The zero-order chi connectivity index (χ0) is 39.0. The quantitative estimate of drug-likeness (QED) is 0.0400. The van der Waals surface area contributed by atoms with Crippen LogP contribution in [-0.2, 0) is 27.2 Å². The molecule has 1 heterocycles. The van der Waals surface area contributed by atoms with Gasteiger partial charge in [-0.25, -0.2) is 4.79 Å². The van der Waals surface area contributed by atoms with E-state index in [2.05, 4.69) is 36.7 Å². The monoisotopic (exact) mass is 768 g/mol. The van der Waals surface area contributed by atoms with E-state index < -0.39 is 28.0 Å². The summed E-state index contributed by atoms with van der Waals surface area (Å²) in [6, 6.07) is 21.0. The standard InChI is InChI=1S/C41H44N4O7S2/c1-6-33(38(48)44-39-35(40(49)52-7-2)31-21-18-27(41(3,4)5)23-34(31)54-39)53-30-15-11-14-28(24-30)42-37(47)32(43-36(46)26-12-9-8-10-13-26)22-25-16-19-29(20-17-25)45(50)51/h8-17,19-20,22,24,27,33H,6-7,18,21,23H2,1-5H3,(H,42,47)(H,43,46)(H,44,48)/b32-22+. The Hall–Kier alpha value is -5.27. The van der Waals surface area contributed by atoms with Gasteiger partial charge in [-0.1, -0.05) is 52.0 Å². The summed E-state index contributed by atoms with van der Waals surface area (Å²) in [5, 5.41) is 19.7. The van der Waals surface area contributed by atoms with Crippen LogP contribution in [-0.4, -0.2) is 40.5 Å². The minimum atomic E-state index is -0.619. The van der Waals surface area contributed by atoms with E-state index in [1.807, 2.05) is 13.0 Å². The molecule has 0 fully saturated rings. The number of thiophene rings is 1. The molecule has 11 nitrogen and oxygen atoms in total. The summed E-state index contributed by atoms with van der Waals surface area (Å²) in [5.74, 6) is -1.34. The summed E-state index contributed by atoms with van der Waals surface area (Å²) in [6.07, 6.45) is 4.49. The molecule has 3 N–H and O–H groups in total. The third-order valence-electron chi connectivity index (χ3n) is 9.18. The van der Waals surface area contributed by atoms with Crippen LogP contribution in [0.2, 0.25) is 0 Å². The van der Waals surface area contributed by atoms with Crippen molar-refractivity contribution >= 4 is 69.2 Å². The highest BCUT2D eigenvalue weighted by Gasteiger charge is 2.35. The number of fused-ring (bicyclic) bond motifs is 1. The molecule has 4 aromatic rings. The molecule has 13 heteroatoms. The molecular weight excluding hydrogens is 725 g/mol. The molecular formula is C41H44N4O7S2. The summed E-state index contributed by atoms with van der Waals surface area (Å²) < 4.78 is 5.43. The first-order valence-electron chi connectivity index (χ1n) is 17.8. The van der Waals surface area contributed by atoms with Gasteiger partial charge in [0.2, 0.25) is 5.91 Å². The van der Waals surface area contributed by atoms with E-state index >= 15 is 0 Å². The van der Waals surface area contributed by atoms with E-state index in [1.54, 1.807) is 55.5 Å². The van der Waals surface area contributed by atoms with Crippen molar-refractivity contribution in [3.63, 3.8) is 0 Å². The lowest BCUT2D eigenvalue weighted by molar-refractivity contribution is -0.384. The number of ether oxygens (including phenoxy) is 1. The second kappa shape index (κ2) is 17.7. The maximum absolute atomic E-state index is 13.8. The second-order valence-corrected chi connectivity index (χ2v) is 16.3. The van der Waals surface area contributed by atoms with Crippen molar-refractivity contribution in [1.29, 1.82) is 0 Å². The molecule has 1 aliphatic carbocycles. The van der Waals surface area contributed by atoms with Gasteiger partial charge in [0.25, 0.3) is 17.5 Å². The molecule has 3 aromatic carbocycles. The van der Waals surface area contributed by atoms with Crippen molar-refractivity contribution in [2.75, 3.05) is 17.2 Å². The van der Waals surface area contributed by atoms with E-state index in [0.29, 0.717) is 44.6 Å². The zero-order valence-electron chi connectivity index (χ0n) is 30.9. The number of anilines is 2. The van der Waals surface area contributed by atoms with Crippen LogP contribution in [0.4, 0.5) is 16.4 Å². The van der Waals surface area contributed by atoms with Crippen LogP contribution in [0, 0.1) is 21.4 Å². The number of carbonyl (C=O) groups is 4. The van der Waals surface area contributed by atoms with Gasteiger partial charge >= 0.3 is 5.97 Å². The van der Waals surface area contributed by atoms with Crippen molar-refractivity contribution in [3.05, 3.63) is 122 Å². The molecule has 0 saturated heterocycles. The number of nitrogens with zero attached hydrogens (tertiary/aromatic N) is 1. The van der Waals surface area contributed by atoms with Crippen molar-refractivity contribution in [2.24, 2.45) is 11.3 Å². The molecule has 5 rings (SSSR count). The van der Waals surface area contributed by atoms with Crippen LogP contribution in [0.1, 0.15) is 84.2 Å². The van der Waals surface area contributed by atoms with E-state index in [-0.39, 0.29) is 29.3 Å². The molecule has 0 saturated carbocycles. The number of nitrogens with one attached hydrogen (secondary N) is 3. The fraction of sp³-hybridized carbons (Fsp3) is 0.317. The SMILES string of the molecule is CCOC(=O)c1c(NC(=O)C(CC)Sc2cccc(NC(=O)/C(=C\c3ccc([N+](=O)[O-])cc3)NC(=O)c3ccccc3)c2)sc2c1CCC(C(C)(C)C)C2. The first-order valence-corrected chi connectivity index (χ1v) is 19.5. The largest absolute Gasteiger partial charge is 0.462 e. The lowest BCUT2D eigenvalue weighted by Crippen LogP contribution is -2.30. The van der Waals surface area contributed by atoms with Gasteiger partial charge in [-0.3, -0.25) is 24.5 Å². The van der Waals surface area contributed by atoms with Gasteiger partial charge in [0.15, 0.2) is 0 Å². The number of hydrogen-bond donors (Lipinski definition) is 3. The van der Waals surface area contributed by atoms with Crippen LogP contribution in [0.5, 0.6) is 0 Å². The van der Waals surface area contributed by atoms with Crippen molar-refractivity contribution in [2.45, 2.75) is 70.4 Å². The lowest BCUT2D eigenvalue weighted by atomic mass is 9.72. The van der Waals surface area contributed by atoms with Crippen molar-refractivity contribution < 1.29 is 28.8 Å². The minimum absolute atomic E-state index is 0.0774. The number of hydrogen-bond acceptors (Lipinski definition) is 9. The normalized spacial score (nSPS) is 14.7. The Labute approximate surface area is 323 Å². The summed E-state index contributed by atoms with van der Waals surface area (Å²) in [7, 11) is 0. The van der Waals surface area contributed by atoms with Crippen LogP contribution in [0.3, 0.4) is 0 Å². The topological polar surface area (TPSA) is 157 Å². The summed E-state index contributed by atoms with van der Waals surface area (Å²) in [5.41, 5.74) is 2.59. The number of amides is 3. The Morgan fingerprint density at radius 3 is 2.37 bits per heavy atom. The fourth-order valence-corrected chi connectivity index (χ4v) is 8.49. The van der Waals surface area contributed by atoms with Crippen LogP contribution >= 0.6 is 23.1 Å². The van der Waals surface area contributed by atoms with Crippen LogP contribution in [0.15, 0.2) is 89.5 Å². The summed E-state index contributed by atoms with van der Waals surface area (Å²) in [6.45, 7) is 10.6. The van der Waals surface area contributed by atoms with Crippen molar-refractivity contribution in [3.8, 4) is 0 Å². The molecule has 1 aromatic heterocycles. The third-order valence-corrected chi connectivity index (χ3v) is 11.7. The highest BCUT2D eigenvalue weighted by atomic mass is 32.2. The molecule has 2 atom stereocenters.